The molecule has 3 aromatic rings. The number of anilines is 1. The minimum absolute atomic E-state index is 0.181. The molecule has 0 radical (unpaired) electrons. The molecule has 1 atom stereocenters. The van der Waals surface area contributed by atoms with E-state index in [9.17, 15) is 0 Å². The molecule has 1 N–H and O–H groups in total. The maximum atomic E-state index is 5.17. The molecule has 0 amide bonds. The lowest BCUT2D eigenvalue weighted by Gasteiger charge is -2.13. The summed E-state index contributed by atoms with van der Waals surface area (Å²) >= 11 is 1.74. The van der Waals surface area contributed by atoms with Crippen molar-refractivity contribution in [3.8, 4) is 0 Å². The lowest BCUT2D eigenvalue weighted by molar-refractivity contribution is 0.185. The maximum absolute atomic E-state index is 5.17. The van der Waals surface area contributed by atoms with Crippen LogP contribution in [-0.4, -0.2) is 12.1 Å². The fourth-order valence-corrected chi connectivity index (χ4v) is 3.27. The van der Waals surface area contributed by atoms with Gasteiger partial charge in [0.05, 0.1) is 22.9 Å². The van der Waals surface area contributed by atoms with Crippen LogP contribution >= 0.6 is 11.3 Å². The van der Waals surface area contributed by atoms with Crippen LogP contribution in [0.1, 0.15) is 23.5 Å². The molecule has 4 heteroatoms. The highest BCUT2D eigenvalue weighted by Gasteiger charge is 2.11. The predicted octanol–water partition coefficient (Wildman–Crippen LogP) is 4.62. The van der Waals surface area contributed by atoms with Crippen molar-refractivity contribution in [1.82, 2.24) is 4.98 Å². The largest absolute Gasteiger partial charge is 0.380 e. The number of aromatic nitrogens is 1. The van der Waals surface area contributed by atoms with Gasteiger partial charge >= 0.3 is 0 Å². The van der Waals surface area contributed by atoms with Gasteiger partial charge in [0.1, 0.15) is 5.01 Å². The Morgan fingerprint density at radius 3 is 2.86 bits per heavy atom. The first kappa shape index (κ1) is 14.0. The summed E-state index contributed by atoms with van der Waals surface area (Å²) in [7, 11) is 1.71. The van der Waals surface area contributed by atoms with Crippen molar-refractivity contribution in [2.24, 2.45) is 0 Å². The number of thiazole rings is 1. The Morgan fingerprint density at radius 2 is 2.05 bits per heavy atom. The van der Waals surface area contributed by atoms with Gasteiger partial charge in [0.25, 0.3) is 0 Å². The zero-order valence-corrected chi connectivity index (χ0v) is 13.0. The van der Waals surface area contributed by atoms with E-state index < -0.39 is 0 Å². The van der Waals surface area contributed by atoms with Crippen LogP contribution in [0.5, 0.6) is 0 Å². The number of rotatable bonds is 5. The van der Waals surface area contributed by atoms with Gasteiger partial charge in [0.2, 0.25) is 0 Å². The molecule has 0 aliphatic rings. The standard InChI is InChI=1S/C17H18N2OS/c1-12(17-19-15-8-3-4-9-16(15)21-17)18-14-7-5-6-13(10-14)11-20-2/h3-10,12,18H,11H2,1-2H3. The third-order valence-corrected chi connectivity index (χ3v) is 4.52. The summed E-state index contributed by atoms with van der Waals surface area (Å²) < 4.78 is 6.41. The van der Waals surface area contributed by atoms with Gasteiger partial charge in [-0.2, -0.15) is 0 Å². The van der Waals surface area contributed by atoms with E-state index in [4.69, 9.17) is 9.72 Å². The molecule has 1 unspecified atom stereocenters. The van der Waals surface area contributed by atoms with Crippen LogP contribution in [0.3, 0.4) is 0 Å². The predicted molar refractivity (Wildman–Crippen MR) is 88.8 cm³/mol. The van der Waals surface area contributed by atoms with E-state index in [2.05, 4.69) is 48.6 Å². The fourth-order valence-electron chi connectivity index (χ4n) is 2.30. The van der Waals surface area contributed by atoms with Crippen molar-refractivity contribution in [2.45, 2.75) is 19.6 Å². The Kier molecular flexibility index (Phi) is 4.18. The number of ether oxygens (including phenoxy) is 1. The van der Waals surface area contributed by atoms with Crippen LogP contribution in [0.15, 0.2) is 48.5 Å². The first-order chi connectivity index (χ1) is 10.3. The molecule has 0 saturated heterocycles. The summed E-state index contributed by atoms with van der Waals surface area (Å²) in [5, 5.41) is 4.62. The number of nitrogens with zero attached hydrogens (tertiary/aromatic N) is 1. The number of hydrogen-bond donors (Lipinski definition) is 1. The second kappa shape index (κ2) is 6.24. The van der Waals surface area contributed by atoms with E-state index in [1.54, 1.807) is 18.4 Å². The Bertz CT molecular complexity index is 705. The van der Waals surface area contributed by atoms with Gasteiger partial charge in [-0.3, -0.25) is 0 Å². The third kappa shape index (κ3) is 3.23. The first-order valence-electron chi connectivity index (χ1n) is 6.96. The van der Waals surface area contributed by atoms with Crippen LogP contribution in [0.25, 0.3) is 10.2 Å². The second-order valence-corrected chi connectivity index (χ2v) is 6.08. The van der Waals surface area contributed by atoms with Crippen LogP contribution < -0.4 is 5.32 Å². The molecule has 0 saturated carbocycles. The van der Waals surface area contributed by atoms with Gasteiger partial charge in [-0.1, -0.05) is 24.3 Å². The Morgan fingerprint density at radius 1 is 1.19 bits per heavy atom. The van der Waals surface area contributed by atoms with Crippen molar-refractivity contribution in [1.29, 1.82) is 0 Å². The molecule has 0 fully saturated rings. The summed E-state index contributed by atoms with van der Waals surface area (Å²) in [6.45, 7) is 2.77. The quantitative estimate of drug-likeness (QED) is 0.746. The minimum atomic E-state index is 0.181. The maximum Gasteiger partial charge on any atom is 0.116 e. The SMILES string of the molecule is COCc1cccc(NC(C)c2nc3ccccc3s2)c1. The summed E-state index contributed by atoms with van der Waals surface area (Å²) in [6.07, 6.45) is 0. The van der Waals surface area contributed by atoms with Gasteiger partial charge < -0.3 is 10.1 Å². The summed E-state index contributed by atoms with van der Waals surface area (Å²) in [5.74, 6) is 0. The first-order valence-corrected chi connectivity index (χ1v) is 7.78. The Labute approximate surface area is 128 Å². The van der Waals surface area contributed by atoms with E-state index in [0.717, 1.165) is 16.2 Å². The molecule has 3 rings (SSSR count). The molecule has 0 aliphatic carbocycles. The number of nitrogens with one attached hydrogen (secondary N) is 1. The zero-order chi connectivity index (χ0) is 14.7. The van der Waals surface area contributed by atoms with Crippen molar-refractivity contribution in [3.05, 3.63) is 59.1 Å². The van der Waals surface area contributed by atoms with Crippen LogP contribution in [-0.2, 0) is 11.3 Å². The van der Waals surface area contributed by atoms with Crippen LogP contribution in [0, 0.1) is 0 Å². The average Bonchev–Trinajstić information content (AvgIpc) is 2.92. The Hall–Kier alpha value is -1.91. The van der Waals surface area contributed by atoms with E-state index in [1.807, 2.05) is 12.1 Å². The molecule has 1 aromatic heterocycles. The van der Waals surface area contributed by atoms with E-state index in [-0.39, 0.29) is 6.04 Å². The molecule has 3 nitrogen and oxygen atoms in total. The number of para-hydroxylation sites is 1. The Balaban J connectivity index is 1.79. The molecular formula is C17H18N2OS. The molecule has 108 valence electrons. The molecular weight excluding hydrogens is 280 g/mol. The number of hydrogen-bond acceptors (Lipinski definition) is 4. The van der Waals surface area contributed by atoms with Crippen molar-refractivity contribution < 1.29 is 4.74 Å². The van der Waals surface area contributed by atoms with Crippen molar-refractivity contribution >= 4 is 27.2 Å². The molecule has 0 aliphatic heterocycles. The van der Waals surface area contributed by atoms with Crippen LogP contribution in [0.2, 0.25) is 0 Å². The summed E-state index contributed by atoms with van der Waals surface area (Å²) in [5.41, 5.74) is 3.33. The van der Waals surface area contributed by atoms with E-state index in [1.165, 1.54) is 10.3 Å². The lowest BCUT2D eigenvalue weighted by Crippen LogP contribution is -2.06. The van der Waals surface area contributed by atoms with E-state index >= 15 is 0 Å². The molecule has 0 bridgehead atoms. The number of fused-ring (bicyclic) bond motifs is 1. The highest BCUT2D eigenvalue weighted by molar-refractivity contribution is 7.18. The molecule has 21 heavy (non-hydrogen) atoms. The van der Waals surface area contributed by atoms with Crippen molar-refractivity contribution in [2.75, 3.05) is 12.4 Å². The van der Waals surface area contributed by atoms with Gasteiger partial charge in [-0.25, -0.2) is 4.98 Å². The molecule has 0 spiro atoms. The highest BCUT2D eigenvalue weighted by Crippen LogP contribution is 2.28. The number of methoxy groups -OCH3 is 1. The highest BCUT2D eigenvalue weighted by atomic mass is 32.1. The summed E-state index contributed by atoms with van der Waals surface area (Å²) in [6, 6.07) is 16.7. The monoisotopic (exact) mass is 298 g/mol. The van der Waals surface area contributed by atoms with Gasteiger partial charge in [-0.15, -0.1) is 11.3 Å². The smallest absolute Gasteiger partial charge is 0.116 e. The zero-order valence-electron chi connectivity index (χ0n) is 12.2. The topological polar surface area (TPSA) is 34.1 Å². The lowest BCUT2D eigenvalue weighted by atomic mass is 10.2. The molecule has 2 aromatic carbocycles. The van der Waals surface area contributed by atoms with E-state index in [0.29, 0.717) is 6.61 Å². The van der Waals surface area contributed by atoms with Gasteiger partial charge in [-0.05, 0) is 36.8 Å². The van der Waals surface area contributed by atoms with Crippen molar-refractivity contribution in [3.63, 3.8) is 0 Å². The summed E-state index contributed by atoms with van der Waals surface area (Å²) in [4.78, 5) is 4.70. The average molecular weight is 298 g/mol. The third-order valence-electron chi connectivity index (χ3n) is 3.30. The van der Waals surface area contributed by atoms with Gasteiger partial charge in [0, 0.05) is 12.8 Å². The molecule has 1 heterocycles. The second-order valence-electron chi connectivity index (χ2n) is 5.02. The van der Waals surface area contributed by atoms with Gasteiger partial charge in [0.15, 0.2) is 0 Å². The minimum Gasteiger partial charge on any atom is -0.380 e. The normalized spacial score (nSPS) is 12.5. The number of benzene rings is 2. The van der Waals surface area contributed by atoms with Crippen LogP contribution in [0.4, 0.5) is 5.69 Å². The fraction of sp³-hybridized carbons (Fsp3) is 0.235.